The van der Waals surface area contributed by atoms with Gasteiger partial charge in [-0.1, -0.05) is 48.5 Å². The van der Waals surface area contributed by atoms with Crippen LogP contribution >= 0.6 is 0 Å². The molecular weight excluding hydrogens is 244 g/mol. The molecule has 3 heteroatoms. The van der Waals surface area contributed by atoms with Crippen LogP contribution in [0.2, 0.25) is 0 Å². The first kappa shape index (κ1) is 11.5. The summed E-state index contributed by atoms with van der Waals surface area (Å²) in [4.78, 5) is 0.505. The van der Waals surface area contributed by atoms with Crippen molar-refractivity contribution in [3.05, 3.63) is 65.7 Å². The summed E-state index contributed by atoms with van der Waals surface area (Å²) in [7, 11) is -3.08. The number of benzene rings is 2. The van der Waals surface area contributed by atoms with Crippen LogP contribution in [0.25, 0.3) is 0 Å². The molecule has 2 aromatic rings. The lowest BCUT2D eigenvalue weighted by atomic mass is 9.89. The number of hydrogen-bond acceptors (Lipinski definition) is 2. The van der Waals surface area contributed by atoms with E-state index in [0.717, 1.165) is 5.56 Å². The second kappa shape index (κ2) is 4.25. The van der Waals surface area contributed by atoms with E-state index in [-0.39, 0.29) is 11.7 Å². The minimum Gasteiger partial charge on any atom is -0.224 e. The quantitative estimate of drug-likeness (QED) is 0.788. The highest BCUT2D eigenvalue weighted by Gasteiger charge is 2.30. The molecule has 0 bridgehead atoms. The van der Waals surface area contributed by atoms with Crippen molar-refractivity contribution in [2.45, 2.75) is 17.2 Å². The molecule has 2 aromatic carbocycles. The van der Waals surface area contributed by atoms with E-state index in [9.17, 15) is 8.42 Å². The van der Waals surface area contributed by atoms with Crippen LogP contribution in [0, 0.1) is 0 Å². The normalized spacial score (nSPS) is 21.2. The highest BCUT2D eigenvalue weighted by molar-refractivity contribution is 7.91. The maximum absolute atomic E-state index is 12.0. The van der Waals surface area contributed by atoms with Gasteiger partial charge < -0.3 is 0 Å². The number of hydrogen-bond donors (Lipinski definition) is 0. The van der Waals surface area contributed by atoms with Crippen molar-refractivity contribution >= 4 is 9.84 Å². The lowest BCUT2D eigenvalue weighted by Crippen LogP contribution is -2.20. The number of fused-ring (bicyclic) bond motifs is 1. The molecule has 0 saturated carbocycles. The van der Waals surface area contributed by atoms with Crippen LogP contribution in [0.3, 0.4) is 0 Å². The molecule has 0 N–H and O–H groups in total. The third kappa shape index (κ3) is 1.85. The third-order valence-electron chi connectivity index (χ3n) is 3.51. The third-order valence-corrected chi connectivity index (χ3v) is 5.32. The highest BCUT2D eigenvalue weighted by Crippen LogP contribution is 2.37. The standard InChI is InChI=1S/C15H14O2S/c16-18(17)11-10-13(12-6-2-1-3-7-12)14-8-4-5-9-15(14)18/h1-9,13H,10-11H2. The minimum atomic E-state index is -3.08. The van der Waals surface area contributed by atoms with Gasteiger partial charge in [0.05, 0.1) is 10.6 Å². The van der Waals surface area contributed by atoms with E-state index in [0.29, 0.717) is 11.3 Å². The monoisotopic (exact) mass is 258 g/mol. The maximum Gasteiger partial charge on any atom is 0.178 e. The van der Waals surface area contributed by atoms with Gasteiger partial charge in [-0.05, 0) is 23.6 Å². The van der Waals surface area contributed by atoms with Crippen LogP contribution in [0.4, 0.5) is 0 Å². The Morgan fingerprint density at radius 1 is 0.889 bits per heavy atom. The van der Waals surface area contributed by atoms with Crippen molar-refractivity contribution < 1.29 is 8.42 Å². The molecule has 92 valence electrons. The van der Waals surface area contributed by atoms with Crippen LogP contribution in [-0.4, -0.2) is 14.2 Å². The largest absolute Gasteiger partial charge is 0.224 e. The average Bonchev–Trinajstić information content (AvgIpc) is 2.40. The zero-order chi connectivity index (χ0) is 12.6. The Labute approximate surface area is 107 Å². The summed E-state index contributed by atoms with van der Waals surface area (Å²) in [5, 5.41) is 0. The molecule has 1 unspecified atom stereocenters. The Morgan fingerprint density at radius 3 is 2.33 bits per heavy atom. The van der Waals surface area contributed by atoms with Crippen molar-refractivity contribution in [1.82, 2.24) is 0 Å². The second-order valence-corrected chi connectivity index (χ2v) is 6.69. The lowest BCUT2D eigenvalue weighted by molar-refractivity contribution is 0.579. The zero-order valence-corrected chi connectivity index (χ0v) is 10.7. The fourth-order valence-electron chi connectivity index (χ4n) is 2.62. The smallest absolute Gasteiger partial charge is 0.178 e. The van der Waals surface area contributed by atoms with Crippen LogP contribution in [0.5, 0.6) is 0 Å². The van der Waals surface area contributed by atoms with Crippen LogP contribution in [0.1, 0.15) is 23.5 Å². The fraction of sp³-hybridized carbons (Fsp3) is 0.200. The summed E-state index contributed by atoms with van der Waals surface area (Å²) in [6, 6.07) is 17.5. The summed E-state index contributed by atoms with van der Waals surface area (Å²) in [5.41, 5.74) is 2.13. The summed E-state index contributed by atoms with van der Waals surface area (Å²) in [5.74, 6) is 0.440. The Morgan fingerprint density at radius 2 is 1.56 bits per heavy atom. The first-order valence-corrected chi connectivity index (χ1v) is 7.70. The predicted octanol–water partition coefficient (Wildman–Crippen LogP) is 3.00. The van der Waals surface area contributed by atoms with Crippen molar-refractivity contribution in [1.29, 1.82) is 0 Å². The molecule has 2 nitrogen and oxygen atoms in total. The minimum absolute atomic E-state index is 0.200. The first-order valence-electron chi connectivity index (χ1n) is 6.05. The molecule has 18 heavy (non-hydrogen) atoms. The molecule has 0 radical (unpaired) electrons. The molecular formula is C15H14O2S. The van der Waals surface area contributed by atoms with Gasteiger partial charge >= 0.3 is 0 Å². The topological polar surface area (TPSA) is 34.1 Å². The fourth-order valence-corrected chi connectivity index (χ4v) is 4.24. The summed E-state index contributed by atoms with van der Waals surface area (Å²) < 4.78 is 24.1. The molecule has 0 fully saturated rings. The molecule has 1 aliphatic heterocycles. The molecule has 1 heterocycles. The van der Waals surface area contributed by atoms with E-state index in [1.165, 1.54) is 5.56 Å². The van der Waals surface area contributed by atoms with Gasteiger partial charge in [0.1, 0.15) is 0 Å². The zero-order valence-electron chi connectivity index (χ0n) is 9.91. The maximum atomic E-state index is 12.0. The van der Waals surface area contributed by atoms with Gasteiger partial charge in [-0.2, -0.15) is 0 Å². The molecule has 3 rings (SSSR count). The van der Waals surface area contributed by atoms with E-state index < -0.39 is 9.84 Å². The molecule has 1 aliphatic rings. The van der Waals surface area contributed by atoms with E-state index in [4.69, 9.17) is 0 Å². The van der Waals surface area contributed by atoms with Gasteiger partial charge in [0.2, 0.25) is 0 Å². The SMILES string of the molecule is O=S1(=O)CCC(c2ccccc2)c2ccccc21. The number of rotatable bonds is 1. The van der Waals surface area contributed by atoms with Gasteiger partial charge in [-0.25, -0.2) is 8.42 Å². The Bertz CT molecular complexity index is 660. The van der Waals surface area contributed by atoms with Gasteiger partial charge in [0.25, 0.3) is 0 Å². The second-order valence-electron chi connectivity index (χ2n) is 4.61. The highest BCUT2D eigenvalue weighted by atomic mass is 32.2. The van der Waals surface area contributed by atoms with Crippen LogP contribution in [-0.2, 0) is 9.84 Å². The van der Waals surface area contributed by atoms with Crippen LogP contribution < -0.4 is 0 Å². The summed E-state index contributed by atoms with van der Waals surface area (Å²) >= 11 is 0. The first-order chi connectivity index (χ1) is 8.68. The Hall–Kier alpha value is -1.61. The van der Waals surface area contributed by atoms with Crippen molar-refractivity contribution in [2.75, 3.05) is 5.75 Å². The van der Waals surface area contributed by atoms with Gasteiger partial charge in [0, 0.05) is 5.92 Å². The van der Waals surface area contributed by atoms with E-state index in [2.05, 4.69) is 12.1 Å². The van der Waals surface area contributed by atoms with Crippen molar-refractivity contribution in [2.24, 2.45) is 0 Å². The van der Waals surface area contributed by atoms with Crippen LogP contribution in [0.15, 0.2) is 59.5 Å². The molecule has 0 amide bonds. The van der Waals surface area contributed by atoms with E-state index in [1.807, 2.05) is 30.3 Å². The average molecular weight is 258 g/mol. The number of sulfone groups is 1. The molecule has 0 spiro atoms. The van der Waals surface area contributed by atoms with Crippen molar-refractivity contribution in [3.63, 3.8) is 0 Å². The Kier molecular flexibility index (Phi) is 2.71. The molecule has 0 aromatic heterocycles. The van der Waals surface area contributed by atoms with Gasteiger partial charge in [-0.15, -0.1) is 0 Å². The van der Waals surface area contributed by atoms with Crippen molar-refractivity contribution in [3.8, 4) is 0 Å². The molecule has 0 saturated heterocycles. The molecule has 0 aliphatic carbocycles. The van der Waals surface area contributed by atoms with Gasteiger partial charge in [-0.3, -0.25) is 0 Å². The van der Waals surface area contributed by atoms with E-state index >= 15 is 0 Å². The van der Waals surface area contributed by atoms with Gasteiger partial charge in [0.15, 0.2) is 9.84 Å². The lowest BCUT2D eigenvalue weighted by Gasteiger charge is -2.25. The Balaban J connectivity index is 2.16. The summed E-state index contributed by atoms with van der Waals surface area (Å²) in [6.45, 7) is 0. The summed E-state index contributed by atoms with van der Waals surface area (Å²) in [6.07, 6.45) is 0.670. The van der Waals surface area contributed by atoms with E-state index in [1.54, 1.807) is 12.1 Å². The predicted molar refractivity (Wildman–Crippen MR) is 71.4 cm³/mol. The molecule has 1 atom stereocenters.